The van der Waals surface area contributed by atoms with Crippen molar-refractivity contribution < 1.29 is 35.5 Å². The molecular weight excluding hydrogens is 512 g/mol. The molecule has 0 radical (unpaired) electrons. The van der Waals surface area contributed by atoms with E-state index in [1.807, 2.05) is 0 Å². The van der Waals surface area contributed by atoms with Crippen LogP contribution >= 0.6 is 0 Å². The van der Waals surface area contributed by atoms with Crippen LogP contribution in [0.3, 0.4) is 0 Å². The predicted octanol–water partition coefficient (Wildman–Crippen LogP) is 5.43. The monoisotopic (exact) mass is 542 g/mol. The van der Waals surface area contributed by atoms with E-state index in [1.165, 1.54) is 23.1 Å². The lowest BCUT2D eigenvalue weighted by atomic mass is 9.67. The molecule has 2 saturated heterocycles. The lowest BCUT2D eigenvalue weighted by Gasteiger charge is -2.57. The summed E-state index contributed by atoms with van der Waals surface area (Å²) in [5.41, 5.74) is -1.35. The van der Waals surface area contributed by atoms with E-state index < -0.39 is 57.4 Å². The highest BCUT2D eigenvalue weighted by atomic mass is 32.2. The number of fused-ring (bicyclic) bond motifs is 2. The van der Waals surface area contributed by atoms with E-state index in [2.05, 4.69) is 4.72 Å². The Labute approximate surface area is 214 Å². The molecule has 202 valence electrons. The Morgan fingerprint density at radius 3 is 2.43 bits per heavy atom. The largest absolute Gasteiger partial charge is 0.444 e. The highest BCUT2D eigenvalue weighted by Crippen LogP contribution is 2.45. The SMILES string of the molecule is CC(C)(C)OC(=O)N1C2CC(C2)[C@H](NS(C)(=O)=O)[C@@H]1Cc1cccc(-c2cc(F)cc(C(F)F)c2)c1F. The topological polar surface area (TPSA) is 75.7 Å². The maximum Gasteiger partial charge on any atom is 0.410 e. The molecule has 3 aliphatic rings. The molecule has 5 rings (SSSR count). The number of piperidine rings is 2. The van der Waals surface area contributed by atoms with Crippen molar-refractivity contribution in [3.8, 4) is 11.1 Å². The molecule has 0 aromatic heterocycles. The number of hydrogen-bond acceptors (Lipinski definition) is 4. The lowest BCUT2D eigenvalue weighted by Crippen LogP contribution is -2.70. The molecule has 3 fully saturated rings. The highest BCUT2D eigenvalue weighted by molar-refractivity contribution is 7.88. The van der Waals surface area contributed by atoms with Gasteiger partial charge in [-0.1, -0.05) is 18.2 Å². The summed E-state index contributed by atoms with van der Waals surface area (Å²) >= 11 is 0. The molecule has 1 saturated carbocycles. The van der Waals surface area contributed by atoms with Crippen LogP contribution in [0.25, 0.3) is 11.1 Å². The van der Waals surface area contributed by atoms with E-state index >= 15 is 4.39 Å². The predicted molar refractivity (Wildman–Crippen MR) is 131 cm³/mol. The number of carbonyl (C=O) groups excluding carboxylic acids is 1. The summed E-state index contributed by atoms with van der Waals surface area (Å²) in [6, 6.07) is 5.47. The van der Waals surface area contributed by atoms with Gasteiger partial charge in [-0.15, -0.1) is 0 Å². The Morgan fingerprint density at radius 2 is 1.84 bits per heavy atom. The number of amides is 1. The van der Waals surface area contributed by atoms with Crippen molar-refractivity contribution in [2.45, 2.75) is 70.2 Å². The van der Waals surface area contributed by atoms with Crippen molar-refractivity contribution in [2.24, 2.45) is 5.92 Å². The average Bonchev–Trinajstić information content (AvgIpc) is 2.72. The van der Waals surface area contributed by atoms with E-state index in [9.17, 15) is 26.4 Å². The number of rotatable bonds is 6. The van der Waals surface area contributed by atoms with Gasteiger partial charge < -0.3 is 9.64 Å². The van der Waals surface area contributed by atoms with Crippen LogP contribution in [-0.4, -0.2) is 49.4 Å². The summed E-state index contributed by atoms with van der Waals surface area (Å²) in [6.45, 7) is 5.15. The second-order valence-corrected chi connectivity index (χ2v) is 12.6. The Hall–Kier alpha value is -2.66. The molecule has 2 bridgehead atoms. The van der Waals surface area contributed by atoms with Gasteiger partial charge in [0.2, 0.25) is 10.0 Å². The zero-order chi connectivity index (χ0) is 27.3. The third-order valence-corrected chi connectivity index (χ3v) is 7.47. The van der Waals surface area contributed by atoms with Crippen LogP contribution in [0.2, 0.25) is 0 Å². The first-order valence-electron chi connectivity index (χ1n) is 12.0. The number of ether oxygens (including phenoxy) is 1. The van der Waals surface area contributed by atoms with Gasteiger partial charge in [0.1, 0.15) is 17.2 Å². The summed E-state index contributed by atoms with van der Waals surface area (Å²) in [5, 5.41) is 0. The summed E-state index contributed by atoms with van der Waals surface area (Å²) in [4.78, 5) is 14.7. The third kappa shape index (κ3) is 6.09. The molecular formula is C26H30F4N2O4S. The average molecular weight is 543 g/mol. The van der Waals surface area contributed by atoms with Crippen LogP contribution in [0, 0.1) is 17.6 Å². The van der Waals surface area contributed by atoms with Crippen molar-refractivity contribution in [2.75, 3.05) is 6.26 Å². The summed E-state index contributed by atoms with van der Waals surface area (Å²) in [5.74, 6) is -1.71. The molecule has 2 aromatic carbocycles. The maximum atomic E-state index is 15.8. The van der Waals surface area contributed by atoms with Crippen LogP contribution < -0.4 is 4.72 Å². The molecule has 1 amide bonds. The van der Waals surface area contributed by atoms with Gasteiger partial charge in [-0.2, -0.15) is 0 Å². The van der Waals surface area contributed by atoms with Gasteiger partial charge in [0.25, 0.3) is 6.43 Å². The quantitative estimate of drug-likeness (QED) is 0.494. The second kappa shape index (κ2) is 9.90. The number of sulfonamides is 1. The van der Waals surface area contributed by atoms with Gasteiger partial charge in [0.05, 0.1) is 12.3 Å². The number of nitrogens with zero attached hydrogens (tertiary/aromatic N) is 1. The number of benzene rings is 2. The number of nitrogens with one attached hydrogen (secondary N) is 1. The normalized spacial score (nSPS) is 23.6. The minimum Gasteiger partial charge on any atom is -0.444 e. The number of hydrogen-bond donors (Lipinski definition) is 1. The minimum atomic E-state index is -3.66. The van der Waals surface area contributed by atoms with Crippen molar-refractivity contribution in [3.05, 3.63) is 59.2 Å². The van der Waals surface area contributed by atoms with Crippen molar-refractivity contribution in [1.82, 2.24) is 9.62 Å². The minimum absolute atomic E-state index is 0.0357. The standard InChI is InChI=1S/C26H30F4N2O4S/c1-26(2,3)36-25(33)32-19-11-16(12-19)23(31-37(4,34)35)21(32)13-14-6-5-7-20(22(14)28)15-8-17(24(29)30)10-18(27)9-15/h5-10,16,19,21,23-24,31H,11-13H2,1-4H3/t16?,19?,21-,23-/m0/s1. The van der Waals surface area contributed by atoms with Gasteiger partial charge >= 0.3 is 6.09 Å². The van der Waals surface area contributed by atoms with Crippen LogP contribution in [0.1, 0.15) is 51.2 Å². The van der Waals surface area contributed by atoms with E-state index in [4.69, 9.17) is 4.74 Å². The lowest BCUT2D eigenvalue weighted by molar-refractivity contribution is -0.0652. The first-order chi connectivity index (χ1) is 17.1. The van der Waals surface area contributed by atoms with Crippen molar-refractivity contribution >= 4 is 16.1 Å². The van der Waals surface area contributed by atoms with E-state index in [-0.39, 0.29) is 35.1 Å². The molecule has 2 aliphatic heterocycles. The molecule has 2 aromatic rings. The van der Waals surface area contributed by atoms with E-state index in [1.54, 1.807) is 20.8 Å². The first kappa shape index (κ1) is 27.4. The van der Waals surface area contributed by atoms with E-state index in [0.29, 0.717) is 18.9 Å². The smallest absolute Gasteiger partial charge is 0.410 e. The fraction of sp³-hybridized carbons (Fsp3) is 0.500. The van der Waals surface area contributed by atoms with Crippen LogP contribution in [-0.2, 0) is 21.2 Å². The molecule has 6 nitrogen and oxygen atoms in total. The number of halogens is 4. The third-order valence-electron chi connectivity index (χ3n) is 6.77. The Morgan fingerprint density at radius 1 is 1.16 bits per heavy atom. The Kier molecular flexibility index (Phi) is 7.33. The molecule has 37 heavy (non-hydrogen) atoms. The Bertz CT molecular complexity index is 1290. The highest BCUT2D eigenvalue weighted by Gasteiger charge is 2.54. The Balaban J connectivity index is 1.73. The van der Waals surface area contributed by atoms with Crippen molar-refractivity contribution in [1.29, 1.82) is 0 Å². The summed E-state index contributed by atoms with van der Waals surface area (Å²) in [6.07, 6.45) is -1.41. The molecule has 0 unspecified atom stereocenters. The molecule has 1 aliphatic carbocycles. The van der Waals surface area contributed by atoms with Gasteiger partial charge in [0.15, 0.2) is 0 Å². The summed E-state index contributed by atoms with van der Waals surface area (Å²) < 4.78 is 88.8. The van der Waals surface area contributed by atoms with Gasteiger partial charge in [-0.05, 0) is 75.3 Å². The van der Waals surface area contributed by atoms with Crippen LogP contribution in [0.15, 0.2) is 36.4 Å². The molecule has 1 N–H and O–H groups in total. The van der Waals surface area contributed by atoms with Gasteiger partial charge in [-0.25, -0.2) is 35.5 Å². The number of carbonyl (C=O) groups is 1. The van der Waals surface area contributed by atoms with Crippen molar-refractivity contribution in [3.63, 3.8) is 0 Å². The zero-order valence-corrected chi connectivity index (χ0v) is 21.8. The second-order valence-electron chi connectivity index (χ2n) is 10.8. The fourth-order valence-electron chi connectivity index (χ4n) is 5.23. The molecule has 11 heteroatoms. The van der Waals surface area contributed by atoms with Gasteiger partial charge in [0, 0.05) is 23.2 Å². The zero-order valence-electron chi connectivity index (χ0n) is 21.0. The van der Waals surface area contributed by atoms with Crippen LogP contribution in [0.4, 0.5) is 22.4 Å². The molecule has 2 atom stereocenters. The fourth-order valence-corrected chi connectivity index (χ4v) is 6.08. The van der Waals surface area contributed by atoms with Crippen LogP contribution in [0.5, 0.6) is 0 Å². The summed E-state index contributed by atoms with van der Waals surface area (Å²) in [7, 11) is -3.66. The van der Waals surface area contributed by atoms with Gasteiger partial charge in [-0.3, -0.25) is 0 Å². The molecule has 2 heterocycles. The maximum absolute atomic E-state index is 15.8. The van der Waals surface area contributed by atoms with E-state index in [0.717, 1.165) is 18.4 Å². The molecule has 0 spiro atoms. The number of alkyl halides is 2. The first-order valence-corrected chi connectivity index (χ1v) is 13.9.